The van der Waals surface area contributed by atoms with E-state index in [0.717, 1.165) is 18.5 Å². The molecule has 1 unspecified atom stereocenters. The van der Waals surface area contributed by atoms with E-state index in [-0.39, 0.29) is 11.8 Å². The van der Waals surface area contributed by atoms with Gasteiger partial charge in [0.2, 0.25) is 5.91 Å². The molecule has 0 spiro atoms. The van der Waals surface area contributed by atoms with Crippen molar-refractivity contribution in [2.75, 3.05) is 19.6 Å². The molecule has 0 aliphatic carbocycles. The van der Waals surface area contributed by atoms with E-state index in [2.05, 4.69) is 17.6 Å². The number of nitrogens with one attached hydrogen (secondary N) is 3. The van der Waals surface area contributed by atoms with Crippen molar-refractivity contribution >= 4 is 11.8 Å². The highest BCUT2D eigenvalue weighted by molar-refractivity contribution is 5.97. The number of quaternary nitrogens is 1. The minimum Gasteiger partial charge on any atom is -0.354 e. The minimum atomic E-state index is -0.596. The van der Waals surface area contributed by atoms with Crippen molar-refractivity contribution in [3.63, 3.8) is 0 Å². The zero-order chi connectivity index (χ0) is 21.2. The molecule has 1 aliphatic heterocycles. The Labute approximate surface area is 179 Å². The van der Waals surface area contributed by atoms with Gasteiger partial charge >= 0.3 is 0 Å². The van der Waals surface area contributed by atoms with Crippen LogP contribution in [0.3, 0.4) is 0 Å². The molecule has 0 bridgehead atoms. The predicted molar refractivity (Wildman–Crippen MR) is 119 cm³/mol. The Hall–Kier alpha value is -2.66. The molecule has 3 N–H and O–H groups in total. The Bertz CT molecular complexity index is 795. The highest BCUT2D eigenvalue weighted by Gasteiger charge is 2.23. The van der Waals surface area contributed by atoms with Gasteiger partial charge in [-0.3, -0.25) is 9.59 Å². The summed E-state index contributed by atoms with van der Waals surface area (Å²) in [5, 5.41) is 5.97. The molecule has 2 amide bonds. The summed E-state index contributed by atoms with van der Waals surface area (Å²) in [6, 6.07) is 19.0. The van der Waals surface area contributed by atoms with Crippen LogP contribution < -0.4 is 15.5 Å². The van der Waals surface area contributed by atoms with E-state index in [1.54, 1.807) is 17.0 Å². The van der Waals surface area contributed by atoms with Gasteiger partial charge in [-0.05, 0) is 43.9 Å². The van der Waals surface area contributed by atoms with Crippen molar-refractivity contribution in [1.29, 1.82) is 0 Å². The molecule has 1 aliphatic rings. The van der Waals surface area contributed by atoms with Crippen LogP contribution in [0.15, 0.2) is 60.7 Å². The predicted octanol–water partition coefficient (Wildman–Crippen LogP) is 1.99. The number of benzene rings is 2. The molecule has 30 heavy (non-hydrogen) atoms. The van der Waals surface area contributed by atoms with Crippen LogP contribution in [-0.2, 0) is 11.2 Å². The number of rotatable bonds is 9. The van der Waals surface area contributed by atoms with E-state index in [9.17, 15) is 9.59 Å². The summed E-state index contributed by atoms with van der Waals surface area (Å²) in [6.07, 6.45) is 5.36. The summed E-state index contributed by atoms with van der Waals surface area (Å²) in [4.78, 5) is 27.2. The summed E-state index contributed by atoms with van der Waals surface area (Å²) < 4.78 is 0. The molecule has 3 atom stereocenters. The van der Waals surface area contributed by atoms with E-state index in [0.29, 0.717) is 24.6 Å². The third kappa shape index (κ3) is 6.70. The van der Waals surface area contributed by atoms with Crippen LogP contribution in [0.2, 0.25) is 0 Å². The average molecular weight is 409 g/mol. The quantitative estimate of drug-likeness (QED) is 0.556. The largest absolute Gasteiger partial charge is 0.354 e. The van der Waals surface area contributed by atoms with Crippen LogP contribution in [0.1, 0.15) is 48.5 Å². The Morgan fingerprint density at radius 3 is 2.43 bits per heavy atom. The highest BCUT2D eigenvalue weighted by Crippen LogP contribution is 2.06. The molecule has 5 heteroatoms. The number of carbonyl (C=O) groups excluding carboxylic acids is 2. The van der Waals surface area contributed by atoms with E-state index in [4.69, 9.17) is 0 Å². The van der Waals surface area contributed by atoms with Gasteiger partial charge in [-0.2, -0.15) is 0 Å². The van der Waals surface area contributed by atoms with Gasteiger partial charge in [-0.1, -0.05) is 48.5 Å². The second kappa shape index (κ2) is 11.5. The molecule has 0 saturated carbocycles. The number of likely N-dealkylation sites (tertiary alicyclic amines) is 1. The lowest BCUT2D eigenvalue weighted by atomic mass is 10.0. The lowest BCUT2D eigenvalue weighted by Crippen LogP contribution is -3.16. The number of carbonyl (C=O) groups is 2. The van der Waals surface area contributed by atoms with Gasteiger partial charge in [0.05, 0.1) is 19.1 Å². The van der Waals surface area contributed by atoms with Gasteiger partial charge < -0.3 is 15.5 Å². The normalized spacial score (nSPS) is 19.6. The summed E-state index contributed by atoms with van der Waals surface area (Å²) >= 11 is 0. The lowest BCUT2D eigenvalue weighted by Gasteiger charge is -2.30. The van der Waals surface area contributed by atoms with Gasteiger partial charge in [0, 0.05) is 24.9 Å². The maximum absolute atomic E-state index is 12.9. The van der Waals surface area contributed by atoms with Crippen LogP contribution in [0.25, 0.3) is 0 Å². The summed E-state index contributed by atoms with van der Waals surface area (Å²) in [7, 11) is 0. The monoisotopic (exact) mass is 408 g/mol. The maximum Gasteiger partial charge on any atom is 0.251 e. The summed E-state index contributed by atoms with van der Waals surface area (Å²) in [6.45, 7) is 5.28. The second-order valence-corrected chi connectivity index (χ2v) is 8.28. The standard InChI is InChI=1S/C25H33N3O2/c1-20-11-8-9-17-28(20)18-10-16-26-25(30)23(19-21-12-4-2-5-13-21)27-24(29)22-14-6-3-7-15-22/h2-7,12-15,20,23H,8-11,16-19H2,1H3,(H,26,30)(H,27,29)/p+1/t20-,23-/m1/s1. The first-order valence-electron chi connectivity index (χ1n) is 11.2. The minimum absolute atomic E-state index is 0.121. The molecular formula is C25H34N3O2+. The van der Waals surface area contributed by atoms with Crippen molar-refractivity contribution in [2.45, 2.75) is 51.1 Å². The smallest absolute Gasteiger partial charge is 0.251 e. The third-order valence-electron chi connectivity index (χ3n) is 6.00. The Morgan fingerprint density at radius 2 is 1.73 bits per heavy atom. The molecule has 2 aromatic carbocycles. The number of piperidine rings is 1. The number of amides is 2. The van der Waals surface area contributed by atoms with Crippen molar-refractivity contribution in [1.82, 2.24) is 10.6 Å². The van der Waals surface area contributed by atoms with E-state index in [1.165, 1.54) is 25.8 Å². The molecular weight excluding hydrogens is 374 g/mol. The third-order valence-corrected chi connectivity index (χ3v) is 6.00. The van der Waals surface area contributed by atoms with Crippen LogP contribution in [0.4, 0.5) is 0 Å². The molecule has 0 aromatic heterocycles. The number of hydrogen-bond donors (Lipinski definition) is 3. The van der Waals surface area contributed by atoms with Crippen molar-refractivity contribution in [3.05, 3.63) is 71.8 Å². The molecule has 3 rings (SSSR count). The van der Waals surface area contributed by atoms with Crippen LogP contribution in [-0.4, -0.2) is 43.5 Å². The van der Waals surface area contributed by atoms with Crippen LogP contribution in [0, 0.1) is 0 Å². The maximum atomic E-state index is 12.9. The van der Waals surface area contributed by atoms with E-state index >= 15 is 0 Å². The number of hydrogen-bond acceptors (Lipinski definition) is 2. The zero-order valence-electron chi connectivity index (χ0n) is 17.9. The molecule has 0 radical (unpaired) electrons. The van der Waals surface area contributed by atoms with Crippen molar-refractivity contribution in [3.8, 4) is 0 Å². The molecule has 160 valence electrons. The molecule has 1 fully saturated rings. The van der Waals surface area contributed by atoms with E-state index in [1.807, 2.05) is 48.5 Å². The fraction of sp³-hybridized carbons (Fsp3) is 0.440. The Morgan fingerprint density at radius 1 is 1.03 bits per heavy atom. The van der Waals surface area contributed by atoms with Gasteiger partial charge in [0.1, 0.15) is 6.04 Å². The fourth-order valence-corrected chi connectivity index (χ4v) is 4.16. The SMILES string of the molecule is C[C@@H]1CCCC[NH+]1CCCNC(=O)[C@@H](Cc1ccccc1)NC(=O)c1ccccc1. The van der Waals surface area contributed by atoms with Gasteiger partial charge in [0.15, 0.2) is 0 Å². The summed E-state index contributed by atoms with van der Waals surface area (Å²) in [5.41, 5.74) is 1.59. The van der Waals surface area contributed by atoms with Crippen molar-refractivity contribution < 1.29 is 14.5 Å². The first-order valence-corrected chi connectivity index (χ1v) is 11.2. The van der Waals surface area contributed by atoms with E-state index < -0.39 is 6.04 Å². The topological polar surface area (TPSA) is 62.6 Å². The molecule has 1 heterocycles. The van der Waals surface area contributed by atoms with Gasteiger partial charge in [0.25, 0.3) is 5.91 Å². The Kier molecular flexibility index (Phi) is 8.45. The zero-order valence-corrected chi connectivity index (χ0v) is 17.9. The fourth-order valence-electron chi connectivity index (χ4n) is 4.16. The van der Waals surface area contributed by atoms with Crippen LogP contribution >= 0.6 is 0 Å². The second-order valence-electron chi connectivity index (χ2n) is 8.28. The van der Waals surface area contributed by atoms with Crippen LogP contribution in [0.5, 0.6) is 0 Å². The highest BCUT2D eigenvalue weighted by atomic mass is 16.2. The first kappa shape index (κ1) is 22.0. The molecule has 5 nitrogen and oxygen atoms in total. The summed E-state index contributed by atoms with van der Waals surface area (Å²) in [5.74, 6) is -0.344. The molecule has 2 aromatic rings. The van der Waals surface area contributed by atoms with Gasteiger partial charge in [-0.25, -0.2) is 0 Å². The molecule has 1 saturated heterocycles. The first-order chi connectivity index (χ1) is 14.6. The van der Waals surface area contributed by atoms with Gasteiger partial charge in [-0.15, -0.1) is 0 Å². The average Bonchev–Trinajstić information content (AvgIpc) is 2.78. The Balaban J connectivity index is 1.55. The lowest BCUT2D eigenvalue weighted by molar-refractivity contribution is -0.928. The van der Waals surface area contributed by atoms with Crippen molar-refractivity contribution in [2.24, 2.45) is 0 Å².